The molecule has 0 bridgehead atoms. The normalized spacial score (nSPS) is 25.4. The number of carbonyl (C=O) groups is 2. The molecule has 0 radical (unpaired) electrons. The molecule has 1 saturated carbocycles. The van der Waals surface area contributed by atoms with E-state index in [-0.39, 0.29) is 35.1 Å². The lowest BCUT2D eigenvalue weighted by Crippen LogP contribution is -2.48. The fourth-order valence-corrected chi connectivity index (χ4v) is 7.07. The number of carboxylic acids is 1. The smallest absolute Gasteiger partial charge is 0.326 e. The topological polar surface area (TPSA) is 78.9 Å². The SMILES string of the molecule is COc1ccc(C(C)(C)C)cc1CN[C@H]1[C@H](C(C)(C)C)[C@@H](C(=O)O)N(C(=O)[C@@H]2C[C@H]2c2ccccc2)[C@H]1c1ccccc1. The number of hydrogen-bond acceptors (Lipinski definition) is 4. The van der Waals surface area contributed by atoms with Crippen LogP contribution in [0.25, 0.3) is 0 Å². The molecule has 1 heterocycles. The molecular formula is C37H46N2O4. The number of amides is 1. The molecule has 3 aromatic carbocycles. The Morgan fingerprint density at radius 1 is 0.907 bits per heavy atom. The van der Waals surface area contributed by atoms with Crippen LogP contribution < -0.4 is 10.1 Å². The highest BCUT2D eigenvalue weighted by molar-refractivity contribution is 5.89. The van der Waals surface area contributed by atoms with Crippen molar-refractivity contribution in [1.29, 1.82) is 0 Å². The van der Waals surface area contributed by atoms with Crippen molar-refractivity contribution in [3.05, 3.63) is 101 Å². The third-order valence-corrected chi connectivity index (χ3v) is 9.33. The molecule has 0 aromatic heterocycles. The Bertz CT molecular complexity index is 1440. The third kappa shape index (κ3) is 6.21. The second-order valence-electron chi connectivity index (χ2n) is 14.3. The van der Waals surface area contributed by atoms with E-state index in [4.69, 9.17) is 4.74 Å². The molecule has 6 heteroatoms. The second kappa shape index (κ2) is 11.8. The Hall–Kier alpha value is -3.64. The molecule has 1 saturated heterocycles. The summed E-state index contributed by atoms with van der Waals surface area (Å²) in [5.74, 6) is -0.690. The molecule has 43 heavy (non-hydrogen) atoms. The van der Waals surface area contributed by atoms with Gasteiger partial charge in [-0.2, -0.15) is 0 Å². The minimum Gasteiger partial charge on any atom is -0.496 e. The molecule has 6 atom stereocenters. The number of methoxy groups -OCH3 is 1. The van der Waals surface area contributed by atoms with E-state index in [0.717, 1.165) is 28.9 Å². The quantitative estimate of drug-likeness (QED) is 0.300. The average molecular weight is 583 g/mol. The van der Waals surface area contributed by atoms with E-state index in [1.165, 1.54) is 5.56 Å². The van der Waals surface area contributed by atoms with Crippen LogP contribution in [0.1, 0.15) is 82.2 Å². The monoisotopic (exact) mass is 582 g/mol. The summed E-state index contributed by atoms with van der Waals surface area (Å²) in [6.07, 6.45) is 0.738. The van der Waals surface area contributed by atoms with Crippen LogP contribution in [0.3, 0.4) is 0 Å². The van der Waals surface area contributed by atoms with Gasteiger partial charge in [0.05, 0.1) is 13.2 Å². The van der Waals surface area contributed by atoms with Crippen molar-refractivity contribution in [2.45, 2.75) is 84.0 Å². The minimum atomic E-state index is -0.963. The van der Waals surface area contributed by atoms with Gasteiger partial charge in [0.2, 0.25) is 5.91 Å². The van der Waals surface area contributed by atoms with Gasteiger partial charge in [-0.15, -0.1) is 0 Å². The molecular weight excluding hydrogens is 536 g/mol. The van der Waals surface area contributed by atoms with E-state index < -0.39 is 23.5 Å². The van der Waals surface area contributed by atoms with Gasteiger partial charge in [0.1, 0.15) is 11.8 Å². The van der Waals surface area contributed by atoms with E-state index in [1.807, 2.05) is 54.6 Å². The maximum absolute atomic E-state index is 14.5. The summed E-state index contributed by atoms with van der Waals surface area (Å²) in [5.41, 5.74) is 3.85. The molecule has 2 N–H and O–H groups in total. The lowest BCUT2D eigenvalue weighted by atomic mass is 9.72. The number of nitrogens with zero attached hydrogens (tertiary/aromatic N) is 1. The van der Waals surface area contributed by atoms with Crippen LogP contribution in [-0.2, 0) is 21.5 Å². The standard InChI is InChI=1S/C37H46N2O4/c1-36(2,3)26-18-19-29(43-7)25(20-26)22-38-31-30(37(4,5)6)33(35(41)42)39(32(31)24-16-12-9-13-17-24)34(40)28-21-27(28)23-14-10-8-11-15-23/h8-20,27-28,30-33,38H,21-22H2,1-7H3,(H,41,42)/t27-,28+,30-,31-,32-,33-/m0/s1. The van der Waals surface area contributed by atoms with Crippen LogP contribution in [0.4, 0.5) is 0 Å². The number of carboxylic acid groups (broad SMARTS) is 1. The highest BCUT2D eigenvalue weighted by Gasteiger charge is 2.60. The Labute approximate surface area is 256 Å². The maximum Gasteiger partial charge on any atom is 0.326 e. The third-order valence-electron chi connectivity index (χ3n) is 9.33. The number of rotatable bonds is 8. The van der Waals surface area contributed by atoms with Crippen LogP contribution in [0.15, 0.2) is 78.9 Å². The first-order chi connectivity index (χ1) is 20.3. The zero-order valence-corrected chi connectivity index (χ0v) is 26.5. The van der Waals surface area contributed by atoms with Gasteiger partial charge in [0.15, 0.2) is 0 Å². The van der Waals surface area contributed by atoms with Gasteiger partial charge in [-0.25, -0.2) is 4.79 Å². The highest BCUT2D eigenvalue weighted by Crippen LogP contribution is 2.54. The van der Waals surface area contributed by atoms with Crippen molar-refractivity contribution >= 4 is 11.9 Å². The maximum atomic E-state index is 14.5. The average Bonchev–Trinajstić information content (AvgIpc) is 3.69. The molecule has 3 aromatic rings. The lowest BCUT2D eigenvalue weighted by molar-refractivity contribution is -0.152. The van der Waals surface area contributed by atoms with Gasteiger partial charge in [-0.05, 0) is 45.9 Å². The number of ether oxygens (including phenoxy) is 1. The summed E-state index contributed by atoms with van der Waals surface area (Å²) in [5, 5.41) is 14.6. The summed E-state index contributed by atoms with van der Waals surface area (Å²) in [6, 6.07) is 24.6. The van der Waals surface area contributed by atoms with Crippen LogP contribution in [0, 0.1) is 17.3 Å². The van der Waals surface area contributed by atoms with Crippen LogP contribution in [0.2, 0.25) is 0 Å². The van der Waals surface area contributed by atoms with Crippen molar-refractivity contribution in [3.8, 4) is 5.75 Å². The molecule has 6 nitrogen and oxygen atoms in total. The molecule has 2 fully saturated rings. The van der Waals surface area contributed by atoms with Gasteiger partial charge in [0, 0.05) is 30.0 Å². The Morgan fingerprint density at radius 3 is 2.05 bits per heavy atom. The summed E-state index contributed by atoms with van der Waals surface area (Å²) in [4.78, 5) is 29.4. The Morgan fingerprint density at radius 2 is 1.51 bits per heavy atom. The zero-order valence-electron chi connectivity index (χ0n) is 26.5. The summed E-state index contributed by atoms with van der Waals surface area (Å²) < 4.78 is 5.75. The molecule has 1 aliphatic carbocycles. The number of likely N-dealkylation sites (tertiary alicyclic amines) is 1. The van der Waals surface area contributed by atoms with Crippen molar-refractivity contribution in [2.75, 3.05) is 7.11 Å². The van der Waals surface area contributed by atoms with Crippen molar-refractivity contribution in [3.63, 3.8) is 0 Å². The first kappa shape index (κ1) is 30.8. The van der Waals surface area contributed by atoms with Crippen molar-refractivity contribution in [1.82, 2.24) is 10.2 Å². The number of hydrogen-bond donors (Lipinski definition) is 2. The molecule has 2 aliphatic rings. The van der Waals surface area contributed by atoms with Gasteiger partial charge >= 0.3 is 5.97 Å². The first-order valence-electron chi connectivity index (χ1n) is 15.4. The highest BCUT2D eigenvalue weighted by atomic mass is 16.5. The van der Waals surface area contributed by atoms with E-state index in [9.17, 15) is 14.7 Å². The lowest BCUT2D eigenvalue weighted by Gasteiger charge is -2.35. The van der Waals surface area contributed by atoms with Crippen LogP contribution in [0.5, 0.6) is 5.75 Å². The van der Waals surface area contributed by atoms with Gasteiger partial charge in [-0.1, -0.05) is 114 Å². The molecule has 0 unspecified atom stereocenters. The molecule has 1 amide bonds. The second-order valence-corrected chi connectivity index (χ2v) is 14.3. The first-order valence-corrected chi connectivity index (χ1v) is 15.4. The van der Waals surface area contributed by atoms with Crippen molar-refractivity contribution < 1.29 is 19.4 Å². The van der Waals surface area contributed by atoms with E-state index in [1.54, 1.807) is 12.0 Å². The van der Waals surface area contributed by atoms with Gasteiger partial charge in [0.25, 0.3) is 0 Å². The van der Waals surface area contributed by atoms with Crippen molar-refractivity contribution in [2.24, 2.45) is 17.3 Å². The Kier molecular flexibility index (Phi) is 8.45. The van der Waals surface area contributed by atoms with Crippen LogP contribution >= 0.6 is 0 Å². The predicted molar refractivity (Wildman–Crippen MR) is 170 cm³/mol. The molecule has 5 rings (SSSR count). The number of benzene rings is 3. The van der Waals surface area contributed by atoms with Gasteiger partial charge < -0.3 is 20.1 Å². The van der Waals surface area contributed by atoms with Crippen LogP contribution in [-0.4, -0.2) is 41.1 Å². The predicted octanol–water partition coefficient (Wildman–Crippen LogP) is 6.95. The number of carbonyl (C=O) groups excluding carboxylic acids is 1. The summed E-state index contributed by atoms with van der Waals surface area (Å²) in [7, 11) is 1.68. The largest absolute Gasteiger partial charge is 0.496 e. The fourth-order valence-electron chi connectivity index (χ4n) is 7.07. The van der Waals surface area contributed by atoms with E-state index in [0.29, 0.717) is 6.54 Å². The Balaban J connectivity index is 1.57. The van der Waals surface area contributed by atoms with E-state index >= 15 is 0 Å². The summed E-state index contributed by atoms with van der Waals surface area (Å²) >= 11 is 0. The molecule has 228 valence electrons. The summed E-state index contributed by atoms with van der Waals surface area (Å²) in [6.45, 7) is 13.3. The molecule has 1 aliphatic heterocycles. The minimum absolute atomic E-state index is 0.0356. The van der Waals surface area contributed by atoms with E-state index in [2.05, 4.69) is 71.1 Å². The fraction of sp³-hybridized carbons (Fsp3) is 0.459. The zero-order chi connectivity index (χ0) is 31.1. The van der Waals surface area contributed by atoms with Gasteiger partial charge in [-0.3, -0.25) is 4.79 Å². The number of aliphatic carboxylic acids is 1. The molecule has 0 spiro atoms. The number of nitrogens with one attached hydrogen (secondary N) is 1.